The lowest BCUT2D eigenvalue weighted by atomic mass is 9.86. The minimum atomic E-state index is -1.38. The predicted molar refractivity (Wildman–Crippen MR) is 125 cm³/mol. The lowest BCUT2D eigenvalue weighted by Gasteiger charge is -2.45. The van der Waals surface area contributed by atoms with Gasteiger partial charge in [-0.2, -0.15) is 0 Å². The highest BCUT2D eigenvalue weighted by Crippen LogP contribution is 2.41. The summed E-state index contributed by atoms with van der Waals surface area (Å²) >= 11 is 0. The van der Waals surface area contributed by atoms with E-state index in [1.807, 2.05) is 26.0 Å². The molecule has 5 atom stereocenters. The molecule has 0 spiro atoms. The number of rotatable bonds is 7. The van der Waals surface area contributed by atoms with Crippen molar-refractivity contribution in [3.63, 3.8) is 0 Å². The van der Waals surface area contributed by atoms with Gasteiger partial charge in [-0.25, -0.2) is 8.78 Å². The maximum absolute atomic E-state index is 14.9. The Morgan fingerprint density at radius 2 is 1.89 bits per heavy atom. The molecule has 2 amide bonds. The summed E-state index contributed by atoms with van der Waals surface area (Å²) in [7, 11) is 0. The van der Waals surface area contributed by atoms with Crippen molar-refractivity contribution in [2.45, 2.75) is 64.3 Å². The first-order chi connectivity index (χ1) is 16.6. The van der Waals surface area contributed by atoms with Crippen molar-refractivity contribution in [3.8, 4) is 0 Å². The molecule has 1 heterocycles. The van der Waals surface area contributed by atoms with Gasteiger partial charge in [-0.3, -0.25) is 14.4 Å². The van der Waals surface area contributed by atoms with Crippen LogP contribution >= 0.6 is 0 Å². The van der Waals surface area contributed by atoms with E-state index in [-0.39, 0.29) is 24.3 Å². The molecule has 6 nitrogen and oxygen atoms in total. The maximum atomic E-state index is 14.9. The molecule has 2 aromatic rings. The van der Waals surface area contributed by atoms with E-state index >= 15 is 0 Å². The SMILES string of the molecule is CCC(=O)[C@@H](c1ccc(F)cc1F)N1C(=O)[C@@H](C2Cc3ccccc3C2O)NC(=O)[C@H]1CC(C)C. The Bertz CT molecular complexity index is 1150. The summed E-state index contributed by atoms with van der Waals surface area (Å²) < 4.78 is 28.6. The van der Waals surface area contributed by atoms with E-state index in [4.69, 9.17) is 0 Å². The van der Waals surface area contributed by atoms with Gasteiger partial charge in [-0.05, 0) is 36.0 Å². The average molecular weight is 485 g/mol. The number of ketones is 1. The fourth-order valence-electron chi connectivity index (χ4n) is 5.32. The number of aliphatic hydroxyl groups excluding tert-OH is 1. The molecule has 186 valence electrons. The lowest BCUT2D eigenvalue weighted by Crippen LogP contribution is -2.67. The van der Waals surface area contributed by atoms with Crippen LogP contribution in [0.1, 0.15) is 62.4 Å². The minimum absolute atomic E-state index is 0.00521. The largest absolute Gasteiger partial charge is 0.388 e. The summed E-state index contributed by atoms with van der Waals surface area (Å²) in [5.41, 5.74) is 1.43. The van der Waals surface area contributed by atoms with Crippen molar-refractivity contribution >= 4 is 17.6 Å². The highest BCUT2D eigenvalue weighted by Gasteiger charge is 2.51. The first-order valence-electron chi connectivity index (χ1n) is 12.0. The van der Waals surface area contributed by atoms with Gasteiger partial charge in [0.1, 0.15) is 29.8 Å². The number of carbonyl (C=O) groups excluding carboxylic acids is 3. The number of nitrogens with zero attached hydrogens (tertiary/aromatic N) is 1. The van der Waals surface area contributed by atoms with Gasteiger partial charge in [-0.1, -0.05) is 51.1 Å². The second-order valence-electron chi connectivity index (χ2n) is 9.78. The molecule has 1 aliphatic heterocycles. The average Bonchev–Trinajstić information content (AvgIpc) is 3.15. The molecule has 2 unspecified atom stereocenters. The Kier molecular flexibility index (Phi) is 7.03. The molecule has 1 aliphatic carbocycles. The topological polar surface area (TPSA) is 86.7 Å². The number of nitrogens with one attached hydrogen (secondary N) is 1. The smallest absolute Gasteiger partial charge is 0.247 e. The summed E-state index contributed by atoms with van der Waals surface area (Å²) in [5.74, 6) is -3.87. The van der Waals surface area contributed by atoms with Gasteiger partial charge in [0.15, 0.2) is 5.78 Å². The van der Waals surface area contributed by atoms with Crippen LogP contribution in [0.2, 0.25) is 0 Å². The van der Waals surface area contributed by atoms with Gasteiger partial charge in [0.05, 0.1) is 6.10 Å². The van der Waals surface area contributed by atoms with Gasteiger partial charge in [0, 0.05) is 24.0 Å². The Morgan fingerprint density at radius 3 is 2.51 bits per heavy atom. The Labute approximate surface area is 203 Å². The number of piperazine rings is 1. The Morgan fingerprint density at radius 1 is 1.17 bits per heavy atom. The summed E-state index contributed by atoms with van der Waals surface area (Å²) in [6.07, 6.45) is -0.363. The molecule has 1 fully saturated rings. The van der Waals surface area contributed by atoms with Crippen LogP contribution in [-0.2, 0) is 20.8 Å². The molecular formula is C27H30F2N2O4. The molecule has 35 heavy (non-hydrogen) atoms. The zero-order valence-corrected chi connectivity index (χ0v) is 20.0. The number of halogens is 2. The molecule has 0 aromatic heterocycles. The van der Waals surface area contributed by atoms with Crippen LogP contribution in [0.25, 0.3) is 0 Å². The number of fused-ring (bicyclic) bond motifs is 1. The molecule has 2 N–H and O–H groups in total. The quantitative estimate of drug-likeness (QED) is 0.629. The van der Waals surface area contributed by atoms with Crippen LogP contribution in [-0.4, -0.2) is 39.7 Å². The van der Waals surface area contributed by atoms with Gasteiger partial charge in [0.25, 0.3) is 0 Å². The lowest BCUT2D eigenvalue weighted by molar-refractivity contribution is -0.158. The van der Waals surface area contributed by atoms with Gasteiger partial charge < -0.3 is 15.3 Å². The van der Waals surface area contributed by atoms with E-state index in [0.29, 0.717) is 18.1 Å². The normalized spacial score (nSPS) is 24.9. The standard InChI is InChI=1S/C27H30F2N2O4/c1-4-22(32)24(18-10-9-16(28)13-20(18)29)31-21(11-14(2)3)26(34)30-23(27(31)35)19-12-15-7-5-6-8-17(15)25(19)33/h5-10,13-14,19,21,23-25,33H,4,11-12H2,1-3H3,(H,30,34)/t19?,21-,23-,24-,25?/m1/s1. The van der Waals surface area contributed by atoms with Crippen molar-refractivity contribution in [2.24, 2.45) is 11.8 Å². The summed E-state index contributed by atoms with van der Waals surface area (Å²) in [5, 5.41) is 13.8. The Hall–Kier alpha value is -3.13. The molecule has 4 rings (SSSR count). The van der Waals surface area contributed by atoms with Crippen molar-refractivity contribution in [2.75, 3.05) is 0 Å². The van der Waals surface area contributed by atoms with E-state index in [1.54, 1.807) is 19.1 Å². The monoisotopic (exact) mass is 484 g/mol. The molecule has 1 saturated heterocycles. The third-order valence-electron chi connectivity index (χ3n) is 7.00. The van der Waals surface area contributed by atoms with Crippen LogP contribution < -0.4 is 5.32 Å². The first-order valence-corrected chi connectivity index (χ1v) is 12.0. The molecule has 2 aliphatic rings. The summed E-state index contributed by atoms with van der Waals surface area (Å²) in [4.78, 5) is 41.7. The van der Waals surface area contributed by atoms with Gasteiger partial charge in [-0.15, -0.1) is 0 Å². The second kappa shape index (κ2) is 9.85. The van der Waals surface area contributed by atoms with E-state index in [9.17, 15) is 28.3 Å². The van der Waals surface area contributed by atoms with Crippen LogP contribution in [0, 0.1) is 23.5 Å². The minimum Gasteiger partial charge on any atom is -0.388 e. The van der Waals surface area contributed by atoms with E-state index in [1.165, 1.54) is 4.90 Å². The number of carbonyl (C=O) groups is 3. The number of amides is 2. The molecule has 0 radical (unpaired) electrons. The van der Waals surface area contributed by atoms with E-state index in [2.05, 4.69) is 5.32 Å². The van der Waals surface area contributed by atoms with Gasteiger partial charge >= 0.3 is 0 Å². The molecule has 0 bridgehead atoms. The van der Waals surface area contributed by atoms with Crippen molar-refractivity contribution in [1.29, 1.82) is 0 Å². The van der Waals surface area contributed by atoms with E-state index in [0.717, 1.165) is 17.7 Å². The maximum Gasteiger partial charge on any atom is 0.247 e. The van der Waals surface area contributed by atoms with Crippen molar-refractivity contribution < 1.29 is 28.3 Å². The third-order valence-corrected chi connectivity index (χ3v) is 7.00. The van der Waals surface area contributed by atoms with Crippen molar-refractivity contribution in [3.05, 3.63) is 70.8 Å². The highest BCUT2D eigenvalue weighted by molar-refractivity contribution is 6.00. The number of aliphatic hydroxyl groups is 1. The highest BCUT2D eigenvalue weighted by atomic mass is 19.1. The predicted octanol–water partition coefficient (Wildman–Crippen LogP) is 3.63. The number of benzene rings is 2. The molecular weight excluding hydrogens is 454 g/mol. The molecule has 2 aromatic carbocycles. The zero-order chi connectivity index (χ0) is 25.4. The summed E-state index contributed by atoms with van der Waals surface area (Å²) in [6.45, 7) is 5.36. The second-order valence-corrected chi connectivity index (χ2v) is 9.78. The zero-order valence-electron chi connectivity index (χ0n) is 20.0. The molecule has 8 heteroatoms. The van der Waals surface area contributed by atoms with Crippen LogP contribution in [0.15, 0.2) is 42.5 Å². The third kappa shape index (κ3) is 4.59. The number of hydrogen-bond acceptors (Lipinski definition) is 4. The van der Waals surface area contributed by atoms with E-state index < -0.39 is 59.4 Å². The van der Waals surface area contributed by atoms with Crippen molar-refractivity contribution in [1.82, 2.24) is 10.2 Å². The fourth-order valence-corrected chi connectivity index (χ4v) is 5.32. The first kappa shape index (κ1) is 25.0. The van der Waals surface area contributed by atoms with Crippen LogP contribution in [0.5, 0.6) is 0 Å². The van der Waals surface area contributed by atoms with Crippen LogP contribution in [0.3, 0.4) is 0 Å². The Balaban J connectivity index is 1.79. The number of hydrogen-bond donors (Lipinski definition) is 2. The summed E-state index contributed by atoms with van der Waals surface area (Å²) in [6, 6.07) is 6.67. The number of Topliss-reactive ketones (excluding diaryl/α,β-unsaturated/α-hetero) is 1. The fraction of sp³-hybridized carbons (Fsp3) is 0.444. The molecule has 0 saturated carbocycles. The van der Waals surface area contributed by atoms with Gasteiger partial charge in [0.2, 0.25) is 11.8 Å². The van der Waals surface area contributed by atoms with Crippen LogP contribution in [0.4, 0.5) is 8.78 Å².